The molecule has 0 spiro atoms. The summed E-state index contributed by atoms with van der Waals surface area (Å²) in [7, 11) is 1.56. The average molecular weight is 334 g/mol. The summed E-state index contributed by atoms with van der Waals surface area (Å²) in [6, 6.07) is 13.7. The van der Waals surface area contributed by atoms with Crippen LogP contribution in [0, 0.1) is 0 Å². The van der Waals surface area contributed by atoms with Gasteiger partial charge in [0.25, 0.3) is 0 Å². The molecule has 0 saturated heterocycles. The molecule has 0 saturated carbocycles. The average Bonchev–Trinajstić information content (AvgIpc) is 2.65. The fourth-order valence-electron chi connectivity index (χ4n) is 3.33. The number of hydrogen-bond acceptors (Lipinski definition) is 5. The molecule has 1 atom stereocenters. The van der Waals surface area contributed by atoms with Gasteiger partial charge in [0.2, 0.25) is 5.78 Å². The highest BCUT2D eigenvalue weighted by Crippen LogP contribution is 2.41. The lowest BCUT2D eigenvalue weighted by Gasteiger charge is -2.29. The zero-order valence-corrected chi connectivity index (χ0v) is 13.4. The Morgan fingerprint density at radius 2 is 1.56 bits per heavy atom. The molecule has 4 rings (SSSR count). The molecule has 1 aliphatic heterocycles. The van der Waals surface area contributed by atoms with Gasteiger partial charge in [0.15, 0.2) is 11.5 Å². The minimum absolute atomic E-state index is 0.0202. The number of carbonyl (C=O) groups is 3. The highest BCUT2D eigenvalue weighted by atomic mass is 16.5. The summed E-state index contributed by atoms with van der Waals surface area (Å²) in [4.78, 5) is 37.7. The lowest BCUT2D eigenvalue weighted by molar-refractivity contribution is -0.140. The van der Waals surface area contributed by atoms with Crippen LogP contribution in [0.15, 0.2) is 59.9 Å². The van der Waals surface area contributed by atoms with E-state index < -0.39 is 17.7 Å². The lowest BCUT2D eigenvalue weighted by Crippen LogP contribution is -2.32. The fourth-order valence-corrected chi connectivity index (χ4v) is 3.33. The van der Waals surface area contributed by atoms with Gasteiger partial charge in [-0.1, -0.05) is 36.4 Å². The van der Waals surface area contributed by atoms with Gasteiger partial charge >= 0.3 is 5.97 Å². The third-order valence-electron chi connectivity index (χ3n) is 4.57. The maximum Gasteiger partial charge on any atom is 0.312 e. The van der Waals surface area contributed by atoms with Crippen LogP contribution < -0.4 is 4.74 Å². The number of esters is 1. The molecular formula is C20H14O5. The van der Waals surface area contributed by atoms with Crippen molar-refractivity contribution in [1.29, 1.82) is 0 Å². The predicted octanol–water partition coefficient (Wildman–Crippen LogP) is 3.06. The first kappa shape index (κ1) is 15.3. The second-order valence-electron chi connectivity index (χ2n) is 5.95. The molecule has 5 nitrogen and oxygen atoms in total. The predicted molar refractivity (Wildman–Crippen MR) is 88.6 cm³/mol. The zero-order valence-electron chi connectivity index (χ0n) is 13.4. The van der Waals surface area contributed by atoms with Crippen molar-refractivity contribution in [1.82, 2.24) is 0 Å². The van der Waals surface area contributed by atoms with Crippen molar-refractivity contribution in [2.45, 2.75) is 12.3 Å². The molecule has 0 fully saturated rings. The van der Waals surface area contributed by atoms with Crippen molar-refractivity contribution in [2.24, 2.45) is 0 Å². The van der Waals surface area contributed by atoms with Crippen LogP contribution in [-0.2, 0) is 9.53 Å². The lowest BCUT2D eigenvalue weighted by atomic mass is 9.77. The van der Waals surface area contributed by atoms with Gasteiger partial charge in [-0.05, 0) is 17.7 Å². The van der Waals surface area contributed by atoms with E-state index in [2.05, 4.69) is 0 Å². The van der Waals surface area contributed by atoms with Crippen LogP contribution >= 0.6 is 0 Å². The summed E-state index contributed by atoms with van der Waals surface area (Å²) in [6.45, 7) is 0. The van der Waals surface area contributed by atoms with E-state index in [9.17, 15) is 14.4 Å². The van der Waals surface area contributed by atoms with E-state index in [0.717, 1.165) is 5.56 Å². The molecule has 0 N–H and O–H groups in total. The Labute approximate surface area is 143 Å². The summed E-state index contributed by atoms with van der Waals surface area (Å²) in [6.07, 6.45) is 0.0202. The van der Waals surface area contributed by atoms with Crippen LogP contribution in [-0.4, -0.2) is 24.6 Å². The summed E-state index contributed by atoms with van der Waals surface area (Å²) in [5, 5.41) is 0. The van der Waals surface area contributed by atoms with Crippen molar-refractivity contribution >= 4 is 17.5 Å². The molecule has 2 aromatic carbocycles. The van der Waals surface area contributed by atoms with Crippen LogP contribution in [0.1, 0.15) is 38.6 Å². The minimum atomic E-state index is -0.514. The molecule has 1 heterocycles. The summed E-state index contributed by atoms with van der Waals surface area (Å²) >= 11 is 0. The number of hydrogen-bond donors (Lipinski definition) is 0. The van der Waals surface area contributed by atoms with Crippen LogP contribution in [0.3, 0.4) is 0 Å². The molecule has 2 aromatic rings. The number of Topliss-reactive ketones (excluding diaryl/α,β-unsaturated/α-hetero) is 2. The fraction of sp³-hybridized carbons (Fsp3) is 0.150. The smallest absolute Gasteiger partial charge is 0.312 e. The van der Waals surface area contributed by atoms with Gasteiger partial charge in [0.05, 0.1) is 19.1 Å². The molecule has 0 bridgehead atoms. The molecule has 124 valence electrons. The normalized spacial score (nSPS) is 19.2. The van der Waals surface area contributed by atoms with Gasteiger partial charge in [-0.2, -0.15) is 0 Å². The second kappa shape index (κ2) is 5.70. The number of benzene rings is 2. The van der Waals surface area contributed by atoms with E-state index in [4.69, 9.17) is 9.47 Å². The Hall–Kier alpha value is -3.21. The first-order valence-electron chi connectivity index (χ1n) is 7.87. The van der Waals surface area contributed by atoms with Crippen LogP contribution in [0.5, 0.6) is 5.75 Å². The van der Waals surface area contributed by atoms with Gasteiger partial charge in [-0.15, -0.1) is 0 Å². The second-order valence-corrected chi connectivity index (χ2v) is 5.95. The van der Waals surface area contributed by atoms with Crippen molar-refractivity contribution in [3.8, 4) is 5.75 Å². The maximum absolute atomic E-state index is 13.0. The van der Waals surface area contributed by atoms with E-state index >= 15 is 0 Å². The third kappa shape index (κ3) is 2.36. The van der Waals surface area contributed by atoms with Gasteiger partial charge < -0.3 is 9.47 Å². The largest absolute Gasteiger partial charge is 0.497 e. The Kier molecular flexibility index (Phi) is 3.50. The molecule has 0 radical (unpaired) electrons. The quantitative estimate of drug-likeness (QED) is 0.790. The molecular weight excluding hydrogens is 320 g/mol. The SMILES string of the molecule is COc1ccc(C2CC(=O)OC3=C2C(=O)c2ccccc2C3=O)cc1. The van der Waals surface area contributed by atoms with Crippen LogP contribution in [0.25, 0.3) is 0 Å². The number of fused-ring (bicyclic) bond motifs is 1. The van der Waals surface area contributed by atoms with E-state index in [1.807, 2.05) is 0 Å². The summed E-state index contributed by atoms with van der Waals surface area (Å²) < 4.78 is 10.3. The summed E-state index contributed by atoms with van der Waals surface area (Å²) in [5.41, 5.74) is 1.65. The molecule has 0 aromatic heterocycles. The topological polar surface area (TPSA) is 69.7 Å². The van der Waals surface area contributed by atoms with Crippen molar-refractivity contribution in [3.63, 3.8) is 0 Å². The molecule has 1 unspecified atom stereocenters. The number of allylic oxidation sites excluding steroid dienone is 2. The molecule has 2 aliphatic rings. The van der Waals surface area contributed by atoms with Crippen LogP contribution in [0.4, 0.5) is 0 Å². The number of carbonyl (C=O) groups excluding carboxylic acids is 3. The number of ether oxygens (including phenoxy) is 2. The zero-order chi connectivity index (χ0) is 17.6. The highest BCUT2D eigenvalue weighted by molar-refractivity contribution is 6.27. The van der Waals surface area contributed by atoms with Crippen molar-refractivity contribution in [2.75, 3.05) is 7.11 Å². The minimum Gasteiger partial charge on any atom is -0.497 e. The Morgan fingerprint density at radius 1 is 0.920 bits per heavy atom. The van der Waals surface area contributed by atoms with Crippen molar-refractivity contribution in [3.05, 3.63) is 76.6 Å². The van der Waals surface area contributed by atoms with E-state index in [1.54, 1.807) is 55.6 Å². The Morgan fingerprint density at radius 3 is 2.20 bits per heavy atom. The van der Waals surface area contributed by atoms with Gasteiger partial charge in [-0.3, -0.25) is 14.4 Å². The van der Waals surface area contributed by atoms with Gasteiger partial charge in [0, 0.05) is 17.0 Å². The first-order valence-corrected chi connectivity index (χ1v) is 7.87. The maximum atomic E-state index is 13.0. The number of methoxy groups -OCH3 is 1. The Balaban J connectivity index is 1.86. The highest BCUT2D eigenvalue weighted by Gasteiger charge is 2.42. The molecule has 25 heavy (non-hydrogen) atoms. The first-order chi connectivity index (χ1) is 12.1. The van der Waals surface area contributed by atoms with Gasteiger partial charge in [0.1, 0.15) is 5.75 Å². The molecule has 1 aliphatic carbocycles. The number of ketones is 2. The van der Waals surface area contributed by atoms with E-state index in [0.29, 0.717) is 11.3 Å². The standard InChI is InChI=1S/C20H14O5/c1-24-12-8-6-11(7-9-12)15-10-16(21)25-20-17(15)18(22)13-4-2-3-5-14(13)19(20)23/h2-9,15H,10H2,1H3. The van der Waals surface area contributed by atoms with Crippen LogP contribution in [0.2, 0.25) is 0 Å². The third-order valence-corrected chi connectivity index (χ3v) is 4.57. The van der Waals surface area contributed by atoms with Crippen molar-refractivity contribution < 1.29 is 23.9 Å². The molecule has 0 amide bonds. The Bertz CT molecular complexity index is 937. The van der Waals surface area contributed by atoms with Gasteiger partial charge in [-0.25, -0.2) is 0 Å². The van der Waals surface area contributed by atoms with E-state index in [1.165, 1.54) is 0 Å². The van der Waals surface area contributed by atoms with E-state index in [-0.39, 0.29) is 29.1 Å². The number of rotatable bonds is 2. The molecule has 5 heteroatoms. The summed E-state index contributed by atoms with van der Waals surface area (Å²) in [5.74, 6) is -1.17. The monoisotopic (exact) mass is 334 g/mol.